The second-order valence-electron chi connectivity index (χ2n) is 5.32. The van der Waals surface area contributed by atoms with Crippen LogP contribution in [0.5, 0.6) is 0 Å². The summed E-state index contributed by atoms with van der Waals surface area (Å²) in [6, 6.07) is 12.8. The number of β-amino-alcohol motifs (C(OH)–C–C–N with tert-alkyl or cyclic N) is 1. The van der Waals surface area contributed by atoms with Gasteiger partial charge in [-0.3, -0.25) is 4.79 Å². The van der Waals surface area contributed by atoms with Crippen LogP contribution in [0, 0.1) is 5.82 Å². The van der Waals surface area contributed by atoms with Gasteiger partial charge in [0.25, 0.3) is 5.91 Å². The third-order valence-electron chi connectivity index (χ3n) is 3.83. The van der Waals surface area contributed by atoms with Crippen molar-refractivity contribution in [1.82, 2.24) is 4.90 Å². The van der Waals surface area contributed by atoms with Crippen molar-refractivity contribution < 1.29 is 18.7 Å². The van der Waals surface area contributed by atoms with Gasteiger partial charge in [-0.05, 0) is 17.7 Å². The second-order valence-corrected chi connectivity index (χ2v) is 5.32. The van der Waals surface area contributed by atoms with Crippen molar-refractivity contribution in [1.29, 1.82) is 0 Å². The maximum absolute atomic E-state index is 14.0. The van der Waals surface area contributed by atoms with Crippen molar-refractivity contribution in [3.8, 4) is 11.1 Å². The molecule has 3 nitrogen and oxygen atoms in total. The summed E-state index contributed by atoms with van der Waals surface area (Å²) in [5.74, 6) is -0.828. The molecular weight excluding hydrogens is 288 g/mol. The first-order valence-corrected chi connectivity index (χ1v) is 7.03. The van der Waals surface area contributed by atoms with Gasteiger partial charge in [0.05, 0.1) is 6.54 Å². The van der Waals surface area contributed by atoms with E-state index in [9.17, 15) is 18.7 Å². The number of aliphatic hydroxyl groups is 1. The zero-order valence-electron chi connectivity index (χ0n) is 11.7. The number of rotatable bonds is 2. The summed E-state index contributed by atoms with van der Waals surface area (Å²) in [6.07, 6.45) is -2.60. The number of benzene rings is 2. The molecule has 1 fully saturated rings. The first-order valence-electron chi connectivity index (χ1n) is 7.03. The van der Waals surface area contributed by atoms with E-state index in [-0.39, 0.29) is 13.1 Å². The quantitative estimate of drug-likeness (QED) is 0.926. The number of hydrogen-bond acceptors (Lipinski definition) is 2. The van der Waals surface area contributed by atoms with Crippen LogP contribution < -0.4 is 0 Å². The average molecular weight is 303 g/mol. The smallest absolute Gasteiger partial charge is 0.254 e. The van der Waals surface area contributed by atoms with Crippen LogP contribution in [-0.2, 0) is 0 Å². The van der Waals surface area contributed by atoms with Crippen molar-refractivity contribution in [2.24, 2.45) is 0 Å². The molecule has 1 aliphatic rings. The molecule has 114 valence electrons. The van der Waals surface area contributed by atoms with Crippen LogP contribution in [0.15, 0.2) is 48.5 Å². The standard InChI is InChI=1S/C17H15F2NO2/c18-14-8-4-3-6-12(14)11-5-1-2-7-13(11)17(22)20-9-15(19)16(21)10-20/h1-8,15-16,21H,9-10H2/t15-,16-/m0/s1. The fourth-order valence-electron chi connectivity index (χ4n) is 2.67. The Labute approximate surface area is 126 Å². The summed E-state index contributed by atoms with van der Waals surface area (Å²) >= 11 is 0. The maximum atomic E-state index is 14.0. The van der Waals surface area contributed by atoms with Crippen LogP contribution in [0.4, 0.5) is 8.78 Å². The Morgan fingerprint density at radius 2 is 1.68 bits per heavy atom. The summed E-state index contributed by atoms with van der Waals surface area (Å²) in [5, 5.41) is 9.47. The van der Waals surface area contributed by atoms with Crippen LogP contribution in [-0.4, -0.2) is 41.3 Å². The van der Waals surface area contributed by atoms with Crippen molar-refractivity contribution in [2.75, 3.05) is 13.1 Å². The van der Waals surface area contributed by atoms with Crippen LogP contribution in [0.3, 0.4) is 0 Å². The summed E-state index contributed by atoms with van der Waals surface area (Å²) in [5.41, 5.74) is 1.08. The molecule has 2 atom stereocenters. The molecule has 2 aromatic rings. The number of carbonyl (C=O) groups is 1. The molecule has 0 bridgehead atoms. The Hall–Kier alpha value is -2.27. The molecule has 22 heavy (non-hydrogen) atoms. The Bertz CT molecular complexity index is 695. The lowest BCUT2D eigenvalue weighted by molar-refractivity contribution is 0.0765. The molecule has 2 aromatic carbocycles. The van der Waals surface area contributed by atoms with Crippen molar-refractivity contribution in [3.63, 3.8) is 0 Å². The molecule has 1 amide bonds. The average Bonchev–Trinajstić information content (AvgIpc) is 2.87. The van der Waals surface area contributed by atoms with E-state index in [1.165, 1.54) is 11.0 Å². The lowest BCUT2D eigenvalue weighted by atomic mass is 9.98. The van der Waals surface area contributed by atoms with Crippen molar-refractivity contribution in [2.45, 2.75) is 12.3 Å². The predicted octanol–water partition coefficient (Wildman–Crippen LogP) is 2.65. The van der Waals surface area contributed by atoms with E-state index in [0.29, 0.717) is 16.7 Å². The molecule has 1 heterocycles. The number of amides is 1. The molecule has 0 unspecified atom stereocenters. The van der Waals surface area contributed by atoms with Gasteiger partial charge in [-0.15, -0.1) is 0 Å². The summed E-state index contributed by atoms with van der Waals surface area (Å²) in [7, 11) is 0. The molecule has 0 saturated carbocycles. The van der Waals surface area contributed by atoms with Gasteiger partial charge >= 0.3 is 0 Å². The molecule has 1 saturated heterocycles. The summed E-state index contributed by atoms with van der Waals surface area (Å²) in [4.78, 5) is 13.8. The Kier molecular flexibility index (Phi) is 3.90. The number of alkyl halides is 1. The van der Waals surface area contributed by atoms with E-state index in [0.717, 1.165) is 0 Å². The van der Waals surface area contributed by atoms with Gasteiger partial charge in [0.2, 0.25) is 0 Å². The second kappa shape index (κ2) is 5.85. The molecule has 0 spiro atoms. The predicted molar refractivity (Wildman–Crippen MR) is 78.6 cm³/mol. The minimum absolute atomic E-state index is 0.0500. The lowest BCUT2D eigenvalue weighted by Gasteiger charge is -2.18. The highest BCUT2D eigenvalue weighted by Crippen LogP contribution is 2.28. The van der Waals surface area contributed by atoms with Gasteiger partial charge in [0, 0.05) is 17.7 Å². The van der Waals surface area contributed by atoms with Gasteiger partial charge in [-0.2, -0.15) is 0 Å². The highest BCUT2D eigenvalue weighted by atomic mass is 19.1. The number of nitrogens with zero attached hydrogens (tertiary/aromatic N) is 1. The summed E-state index contributed by atoms with van der Waals surface area (Å²) in [6.45, 7) is -0.197. The van der Waals surface area contributed by atoms with Gasteiger partial charge in [-0.25, -0.2) is 8.78 Å². The van der Waals surface area contributed by atoms with Crippen LogP contribution in [0.1, 0.15) is 10.4 Å². The monoisotopic (exact) mass is 303 g/mol. The highest BCUT2D eigenvalue weighted by molar-refractivity contribution is 6.01. The van der Waals surface area contributed by atoms with E-state index < -0.39 is 24.0 Å². The number of hydrogen-bond donors (Lipinski definition) is 1. The third-order valence-corrected chi connectivity index (χ3v) is 3.83. The molecule has 0 aromatic heterocycles. The minimum atomic E-state index is -1.44. The van der Waals surface area contributed by atoms with E-state index in [1.54, 1.807) is 42.5 Å². The topological polar surface area (TPSA) is 40.5 Å². The molecule has 3 rings (SSSR count). The SMILES string of the molecule is O=C(c1ccccc1-c1ccccc1F)N1C[C@H](O)[C@@H](F)C1. The minimum Gasteiger partial charge on any atom is -0.388 e. The third kappa shape index (κ3) is 2.60. The van der Waals surface area contributed by atoms with Gasteiger partial charge in [0.1, 0.15) is 18.1 Å². The highest BCUT2D eigenvalue weighted by Gasteiger charge is 2.35. The Morgan fingerprint density at radius 1 is 1.05 bits per heavy atom. The number of aliphatic hydroxyl groups excluding tert-OH is 1. The van der Waals surface area contributed by atoms with Gasteiger partial charge in [-0.1, -0.05) is 36.4 Å². The molecular formula is C17H15F2NO2. The summed E-state index contributed by atoms with van der Waals surface area (Å²) < 4.78 is 27.4. The zero-order valence-corrected chi connectivity index (χ0v) is 11.7. The Balaban J connectivity index is 1.99. The van der Waals surface area contributed by atoms with Crippen LogP contribution >= 0.6 is 0 Å². The molecule has 1 aliphatic heterocycles. The maximum Gasteiger partial charge on any atom is 0.254 e. The van der Waals surface area contributed by atoms with E-state index in [1.807, 2.05) is 0 Å². The molecule has 5 heteroatoms. The van der Waals surface area contributed by atoms with Crippen LogP contribution in [0.2, 0.25) is 0 Å². The molecule has 1 N–H and O–H groups in total. The number of likely N-dealkylation sites (tertiary alicyclic amines) is 1. The molecule has 0 radical (unpaired) electrons. The fraction of sp³-hybridized carbons (Fsp3) is 0.235. The van der Waals surface area contributed by atoms with E-state index in [2.05, 4.69) is 0 Å². The Morgan fingerprint density at radius 3 is 2.32 bits per heavy atom. The zero-order chi connectivity index (χ0) is 15.7. The first kappa shape index (κ1) is 14.7. The van der Waals surface area contributed by atoms with Crippen LogP contribution in [0.25, 0.3) is 11.1 Å². The number of carbonyl (C=O) groups excluding carboxylic acids is 1. The lowest BCUT2D eigenvalue weighted by Crippen LogP contribution is -2.30. The van der Waals surface area contributed by atoms with Gasteiger partial charge < -0.3 is 10.0 Å². The first-order chi connectivity index (χ1) is 10.6. The van der Waals surface area contributed by atoms with Crippen molar-refractivity contribution in [3.05, 3.63) is 59.9 Å². The largest absolute Gasteiger partial charge is 0.388 e. The van der Waals surface area contributed by atoms with Crippen molar-refractivity contribution >= 4 is 5.91 Å². The van der Waals surface area contributed by atoms with Gasteiger partial charge in [0.15, 0.2) is 0 Å². The fourth-order valence-corrected chi connectivity index (χ4v) is 2.67. The van der Waals surface area contributed by atoms with E-state index in [4.69, 9.17) is 0 Å². The number of halogens is 2. The van der Waals surface area contributed by atoms with E-state index >= 15 is 0 Å². The molecule has 0 aliphatic carbocycles. The normalized spacial score (nSPS) is 21.1.